The van der Waals surface area contributed by atoms with Crippen molar-refractivity contribution in [1.82, 2.24) is 25.5 Å². The molecule has 0 saturated heterocycles. The van der Waals surface area contributed by atoms with Crippen LogP contribution >= 0.6 is 11.8 Å². The zero-order valence-corrected chi connectivity index (χ0v) is 11.4. The number of nitrogens with zero attached hydrogens (tertiary/aromatic N) is 4. The van der Waals surface area contributed by atoms with E-state index in [4.69, 9.17) is 5.11 Å². The first-order valence-electron chi connectivity index (χ1n) is 6.63. The van der Waals surface area contributed by atoms with Gasteiger partial charge in [-0.3, -0.25) is 0 Å². The third-order valence-electron chi connectivity index (χ3n) is 2.87. The summed E-state index contributed by atoms with van der Waals surface area (Å²) in [7, 11) is 0. The van der Waals surface area contributed by atoms with Crippen LogP contribution in [0.25, 0.3) is 0 Å². The molecule has 1 aliphatic carbocycles. The molecule has 0 aromatic carbocycles. The molecule has 1 aromatic rings. The molecular formula is C11H21N5OS. The lowest BCUT2D eigenvalue weighted by Gasteiger charge is -2.05. The highest BCUT2D eigenvalue weighted by atomic mass is 32.2. The summed E-state index contributed by atoms with van der Waals surface area (Å²) >= 11 is 1.70. The average molecular weight is 271 g/mol. The summed E-state index contributed by atoms with van der Waals surface area (Å²) in [5.74, 6) is 1.01. The number of tetrazole rings is 1. The molecule has 0 unspecified atom stereocenters. The average Bonchev–Trinajstić information content (AvgIpc) is 3.09. The van der Waals surface area contributed by atoms with Gasteiger partial charge in [0.2, 0.25) is 5.16 Å². The van der Waals surface area contributed by atoms with Gasteiger partial charge in [0, 0.05) is 24.9 Å². The number of thioether (sulfide) groups is 1. The van der Waals surface area contributed by atoms with Crippen LogP contribution in [0.5, 0.6) is 0 Å². The lowest BCUT2D eigenvalue weighted by molar-refractivity contribution is 0.284. The smallest absolute Gasteiger partial charge is 0.209 e. The molecule has 102 valence electrons. The number of aliphatic hydroxyl groups is 1. The second-order valence-electron chi connectivity index (χ2n) is 4.55. The van der Waals surface area contributed by atoms with Crippen molar-refractivity contribution in [3.63, 3.8) is 0 Å². The first-order chi connectivity index (χ1) is 8.90. The highest BCUT2D eigenvalue weighted by Crippen LogP contribution is 2.18. The van der Waals surface area contributed by atoms with Gasteiger partial charge >= 0.3 is 0 Å². The molecule has 0 bridgehead atoms. The van der Waals surface area contributed by atoms with Gasteiger partial charge in [-0.1, -0.05) is 18.2 Å². The molecule has 1 fully saturated rings. The van der Waals surface area contributed by atoms with Gasteiger partial charge < -0.3 is 10.4 Å². The topological polar surface area (TPSA) is 75.9 Å². The monoisotopic (exact) mass is 271 g/mol. The van der Waals surface area contributed by atoms with Crippen LogP contribution in [0.4, 0.5) is 0 Å². The SMILES string of the molecule is OCCCCCSc1nnnn1CCNC1CC1. The van der Waals surface area contributed by atoms with Crippen molar-refractivity contribution in [3.8, 4) is 0 Å². The Morgan fingerprint density at radius 3 is 3.00 bits per heavy atom. The van der Waals surface area contributed by atoms with Crippen LogP contribution in [0.2, 0.25) is 0 Å². The van der Waals surface area contributed by atoms with Crippen molar-refractivity contribution in [2.75, 3.05) is 18.9 Å². The van der Waals surface area contributed by atoms with Crippen molar-refractivity contribution in [1.29, 1.82) is 0 Å². The van der Waals surface area contributed by atoms with E-state index in [9.17, 15) is 0 Å². The van der Waals surface area contributed by atoms with Gasteiger partial charge in [0.15, 0.2) is 0 Å². The van der Waals surface area contributed by atoms with Crippen molar-refractivity contribution in [3.05, 3.63) is 0 Å². The van der Waals surface area contributed by atoms with E-state index >= 15 is 0 Å². The minimum Gasteiger partial charge on any atom is -0.396 e. The second kappa shape index (κ2) is 7.70. The molecule has 6 nitrogen and oxygen atoms in total. The first kappa shape index (κ1) is 13.8. The van der Waals surface area contributed by atoms with Gasteiger partial charge in [0.1, 0.15) is 0 Å². The summed E-state index contributed by atoms with van der Waals surface area (Å²) in [6.07, 6.45) is 5.66. The molecule has 0 amide bonds. The Labute approximate surface area is 112 Å². The Kier molecular flexibility index (Phi) is 5.89. The molecule has 1 aliphatic rings. The Bertz CT molecular complexity index is 342. The van der Waals surface area contributed by atoms with Crippen molar-refractivity contribution < 1.29 is 5.11 Å². The van der Waals surface area contributed by atoms with Crippen molar-refractivity contribution in [2.24, 2.45) is 0 Å². The number of unbranched alkanes of at least 4 members (excludes halogenated alkanes) is 2. The molecule has 18 heavy (non-hydrogen) atoms. The molecule has 0 aliphatic heterocycles. The van der Waals surface area contributed by atoms with Crippen LogP contribution in [0.1, 0.15) is 32.1 Å². The minimum absolute atomic E-state index is 0.287. The lowest BCUT2D eigenvalue weighted by atomic mass is 10.3. The zero-order chi connectivity index (χ0) is 12.6. The number of hydrogen-bond donors (Lipinski definition) is 2. The molecule has 1 heterocycles. The molecule has 0 spiro atoms. The van der Waals surface area contributed by atoms with Gasteiger partial charge in [0.05, 0.1) is 6.54 Å². The normalized spacial score (nSPS) is 15.2. The standard InChI is InChI=1S/C11H21N5OS/c17-8-2-1-3-9-18-11-13-14-15-16(11)7-6-12-10-4-5-10/h10,12,17H,1-9H2. The van der Waals surface area contributed by atoms with E-state index in [1.807, 2.05) is 4.68 Å². The summed E-state index contributed by atoms with van der Waals surface area (Å²) in [5.41, 5.74) is 0. The van der Waals surface area contributed by atoms with E-state index in [0.29, 0.717) is 0 Å². The van der Waals surface area contributed by atoms with E-state index in [1.165, 1.54) is 12.8 Å². The fraction of sp³-hybridized carbons (Fsp3) is 0.909. The molecular weight excluding hydrogens is 250 g/mol. The van der Waals surface area contributed by atoms with Crippen LogP contribution in [0.15, 0.2) is 5.16 Å². The van der Waals surface area contributed by atoms with Crippen LogP contribution in [0.3, 0.4) is 0 Å². The molecule has 0 atom stereocenters. The van der Waals surface area contributed by atoms with E-state index < -0.39 is 0 Å². The van der Waals surface area contributed by atoms with E-state index in [0.717, 1.165) is 49.3 Å². The quantitative estimate of drug-likeness (QED) is 0.481. The van der Waals surface area contributed by atoms with Crippen LogP contribution in [-0.4, -0.2) is 50.3 Å². The Morgan fingerprint density at radius 1 is 1.33 bits per heavy atom. The summed E-state index contributed by atoms with van der Waals surface area (Å²) < 4.78 is 1.87. The molecule has 2 rings (SSSR count). The van der Waals surface area contributed by atoms with Crippen molar-refractivity contribution in [2.45, 2.75) is 49.8 Å². The maximum Gasteiger partial charge on any atom is 0.209 e. The van der Waals surface area contributed by atoms with Gasteiger partial charge in [-0.15, -0.1) is 5.10 Å². The number of aliphatic hydroxyl groups excluding tert-OH is 1. The summed E-state index contributed by atoms with van der Waals surface area (Å²) in [4.78, 5) is 0. The highest BCUT2D eigenvalue weighted by Gasteiger charge is 2.19. The van der Waals surface area contributed by atoms with Crippen LogP contribution < -0.4 is 5.32 Å². The Morgan fingerprint density at radius 2 is 2.22 bits per heavy atom. The predicted octanol–water partition coefficient (Wildman–Crippen LogP) is 0.680. The van der Waals surface area contributed by atoms with Crippen LogP contribution in [-0.2, 0) is 6.54 Å². The van der Waals surface area contributed by atoms with Gasteiger partial charge in [0.25, 0.3) is 0 Å². The largest absolute Gasteiger partial charge is 0.396 e. The number of aromatic nitrogens is 4. The maximum atomic E-state index is 8.69. The number of hydrogen-bond acceptors (Lipinski definition) is 6. The number of rotatable bonds is 10. The Balaban J connectivity index is 1.62. The third-order valence-corrected chi connectivity index (χ3v) is 3.91. The van der Waals surface area contributed by atoms with Crippen molar-refractivity contribution >= 4 is 11.8 Å². The predicted molar refractivity (Wildman–Crippen MR) is 70.5 cm³/mol. The number of nitrogens with one attached hydrogen (secondary N) is 1. The zero-order valence-electron chi connectivity index (χ0n) is 10.6. The summed E-state index contributed by atoms with van der Waals surface area (Å²) in [6, 6.07) is 0.732. The third kappa shape index (κ3) is 4.91. The summed E-state index contributed by atoms with van der Waals surface area (Å²) in [5, 5.41) is 24.8. The fourth-order valence-electron chi connectivity index (χ4n) is 1.66. The first-order valence-corrected chi connectivity index (χ1v) is 7.62. The van der Waals surface area contributed by atoms with E-state index in [-0.39, 0.29) is 6.61 Å². The van der Waals surface area contributed by atoms with E-state index in [1.54, 1.807) is 11.8 Å². The lowest BCUT2D eigenvalue weighted by Crippen LogP contribution is -2.22. The van der Waals surface area contributed by atoms with Crippen LogP contribution in [0, 0.1) is 0 Å². The molecule has 2 N–H and O–H groups in total. The van der Waals surface area contributed by atoms with E-state index in [2.05, 4.69) is 20.8 Å². The van der Waals surface area contributed by atoms with Gasteiger partial charge in [-0.2, -0.15) is 0 Å². The Hall–Kier alpha value is -0.660. The fourth-order valence-corrected chi connectivity index (χ4v) is 2.56. The molecule has 0 radical (unpaired) electrons. The highest BCUT2D eigenvalue weighted by molar-refractivity contribution is 7.99. The second-order valence-corrected chi connectivity index (χ2v) is 5.61. The molecule has 7 heteroatoms. The summed E-state index contributed by atoms with van der Waals surface area (Å²) in [6.45, 7) is 2.06. The van der Waals surface area contributed by atoms with Gasteiger partial charge in [-0.05, 0) is 36.1 Å². The maximum absolute atomic E-state index is 8.69. The molecule has 1 aromatic heterocycles. The molecule has 1 saturated carbocycles. The minimum atomic E-state index is 0.287. The van der Waals surface area contributed by atoms with Gasteiger partial charge in [-0.25, -0.2) is 4.68 Å².